The van der Waals surface area contributed by atoms with Crippen LogP contribution in [0.25, 0.3) is 0 Å². The average Bonchev–Trinajstić information content (AvgIpc) is 3.22. The number of Topliss-reactive ketones (excluding diaryl/α,β-unsaturated/α-hetero) is 1. The Hall–Kier alpha value is -1.31. The van der Waals surface area contributed by atoms with E-state index in [9.17, 15) is 4.79 Å². The van der Waals surface area contributed by atoms with Crippen LogP contribution in [0.5, 0.6) is 5.75 Å². The van der Waals surface area contributed by atoms with Crippen LogP contribution in [0.1, 0.15) is 73.9 Å². The van der Waals surface area contributed by atoms with E-state index in [4.69, 9.17) is 4.74 Å². The van der Waals surface area contributed by atoms with Gasteiger partial charge in [0.15, 0.2) is 5.78 Å². The van der Waals surface area contributed by atoms with Crippen molar-refractivity contribution in [1.29, 1.82) is 0 Å². The minimum Gasteiger partial charge on any atom is -0.493 e. The number of carbonyl (C=O) groups excluding carboxylic acids is 1. The molecule has 20 heavy (non-hydrogen) atoms. The minimum absolute atomic E-state index is 0.278. The Bertz CT molecular complexity index is 484. The third kappa shape index (κ3) is 3.41. The van der Waals surface area contributed by atoms with Gasteiger partial charge in [-0.05, 0) is 55.4 Å². The molecule has 0 unspecified atom stereocenters. The number of benzene rings is 1. The smallest absolute Gasteiger partial charge is 0.166 e. The van der Waals surface area contributed by atoms with Gasteiger partial charge in [-0.1, -0.05) is 27.2 Å². The van der Waals surface area contributed by atoms with Gasteiger partial charge in [-0.15, -0.1) is 0 Å². The van der Waals surface area contributed by atoms with Crippen molar-refractivity contribution in [3.63, 3.8) is 0 Å². The fourth-order valence-electron chi connectivity index (χ4n) is 2.43. The molecular weight excluding hydrogens is 248 g/mol. The zero-order valence-electron chi connectivity index (χ0n) is 13.2. The van der Waals surface area contributed by atoms with Crippen LogP contribution in [0, 0.1) is 12.8 Å². The fraction of sp³-hybridized carbons (Fsp3) is 0.611. The SMILES string of the molecule is CCCCOc1cc(C)c(C(=O)C2CC2)cc1C(C)C. The molecule has 1 aromatic carbocycles. The predicted octanol–water partition coefficient (Wildman–Crippen LogP) is 4.89. The Morgan fingerprint density at radius 3 is 2.60 bits per heavy atom. The predicted molar refractivity (Wildman–Crippen MR) is 82.7 cm³/mol. The zero-order valence-corrected chi connectivity index (χ0v) is 13.2. The van der Waals surface area contributed by atoms with Crippen LogP contribution < -0.4 is 4.74 Å². The van der Waals surface area contributed by atoms with Crippen molar-refractivity contribution in [2.45, 2.75) is 59.3 Å². The third-order valence-corrected chi connectivity index (χ3v) is 3.95. The molecule has 2 nitrogen and oxygen atoms in total. The van der Waals surface area contributed by atoms with Crippen LogP contribution >= 0.6 is 0 Å². The van der Waals surface area contributed by atoms with E-state index in [-0.39, 0.29) is 5.92 Å². The Morgan fingerprint density at radius 1 is 1.35 bits per heavy atom. The van der Waals surface area contributed by atoms with Crippen LogP contribution in [0.2, 0.25) is 0 Å². The lowest BCUT2D eigenvalue weighted by Gasteiger charge is -2.17. The standard InChI is InChI=1S/C18H26O2/c1-5-6-9-20-17-10-13(4)16(11-15(17)12(2)3)18(19)14-7-8-14/h10-12,14H,5-9H2,1-4H3. The molecule has 0 amide bonds. The molecule has 0 radical (unpaired) electrons. The Kier molecular flexibility index (Phi) is 4.85. The van der Waals surface area contributed by atoms with Crippen molar-refractivity contribution >= 4 is 5.78 Å². The normalized spacial score (nSPS) is 14.7. The van der Waals surface area contributed by atoms with Crippen LogP contribution in [0.15, 0.2) is 12.1 Å². The summed E-state index contributed by atoms with van der Waals surface area (Å²) in [6, 6.07) is 4.13. The number of rotatable bonds is 7. The third-order valence-electron chi connectivity index (χ3n) is 3.95. The van der Waals surface area contributed by atoms with Gasteiger partial charge < -0.3 is 4.74 Å². The fourth-order valence-corrected chi connectivity index (χ4v) is 2.43. The van der Waals surface area contributed by atoms with Crippen LogP contribution in [0.3, 0.4) is 0 Å². The average molecular weight is 274 g/mol. The Balaban J connectivity index is 2.28. The van der Waals surface area contributed by atoms with Gasteiger partial charge in [-0.25, -0.2) is 0 Å². The Labute approximate surface area is 122 Å². The lowest BCUT2D eigenvalue weighted by atomic mass is 9.93. The van der Waals surface area contributed by atoms with Crippen molar-refractivity contribution in [2.75, 3.05) is 6.61 Å². The van der Waals surface area contributed by atoms with Crippen molar-refractivity contribution in [2.24, 2.45) is 5.92 Å². The maximum Gasteiger partial charge on any atom is 0.166 e. The van der Waals surface area contributed by atoms with Crippen LogP contribution in [0.4, 0.5) is 0 Å². The molecule has 0 saturated heterocycles. The number of ketones is 1. The highest BCUT2D eigenvalue weighted by molar-refractivity contribution is 6.00. The Morgan fingerprint density at radius 2 is 2.05 bits per heavy atom. The van der Waals surface area contributed by atoms with Gasteiger partial charge in [0.05, 0.1) is 6.61 Å². The van der Waals surface area contributed by atoms with Gasteiger partial charge in [0.25, 0.3) is 0 Å². The summed E-state index contributed by atoms with van der Waals surface area (Å²) >= 11 is 0. The lowest BCUT2D eigenvalue weighted by molar-refractivity contribution is 0.0967. The van der Waals surface area contributed by atoms with E-state index < -0.39 is 0 Å². The van der Waals surface area contributed by atoms with Gasteiger partial charge in [0.2, 0.25) is 0 Å². The highest BCUT2D eigenvalue weighted by Gasteiger charge is 2.31. The molecule has 1 aliphatic carbocycles. The molecule has 1 aliphatic rings. The van der Waals surface area contributed by atoms with E-state index in [0.717, 1.165) is 54.7 Å². The highest BCUT2D eigenvalue weighted by Crippen LogP contribution is 2.36. The summed E-state index contributed by atoms with van der Waals surface area (Å²) in [5.74, 6) is 1.93. The van der Waals surface area contributed by atoms with E-state index in [1.807, 2.05) is 6.92 Å². The largest absolute Gasteiger partial charge is 0.493 e. The number of unbranched alkanes of at least 4 members (excludes halogenated alkanes) is 1. The van der Waals surface area contributed by atoms with E-state index in [1.54, 1.807) is 0 Å². The van der Waals surface area contributed by atoms with Crippen molar-refractivity contribution in [3.8, 4) is 5.75 Å². The van der Waals surface area contributed by atoms with Crippen LogP contribution in [-0.4, -0.2) is 12.4 Å². The van der Waals surface area contributed by atoms with Crippen molar-refractivity contribution in [3.05, 3.63) is 28.8 Å². The first-order valence-electron chi connectivity index (χ1n) is 7.86. The molecule has 0 bridgehead atoms. The molecule has 0 N–H and O–H groups in total. The molecule has 0 spiro atoms. The van der Waals surface area contributed by atoms with Gasteiger partial charge in [-0.2, -0.15) is 0 Å². The first kappa shape index (κ1) is 15.1. The molecule has 1 fully saturated rings. The second-order valence-corrected chi connectivity index (χ2v) is 6.20. The van der Waals surface area contributed by atoms with E-state index >= 15 is 0 Å². The molecule has 1 aromatic rings. The molecule has 2 rings (SSSR count). The molecule has 0 heterocycles. The summed E-state index contributed by atoms with van der Waals surface area (Å²) in [6.07, 6.45) is 4.32. The summed E-state index contributed by atoms with van der Waals surface area (Å²) in [5, 5.41) is 0. The molecule has 110 valence electrons. The zero-order chi connectivity index (χ0) is 14.7. The summed E-state index contributed by atoms with van der Waals surface area (Å²) in [5.41, 5.74) is 3.12. The van der Waals surface area contributed by atoms with Gasteiger partial charge >= 0.3 is 0 Å². The molecule has 0 aliphatic heterocycles. The number of hydrogen-bond donors (Lipinski definition) is 0. The summed E-state index contributed by atoms with van der Waals surface area (Å²) in [6.45, 7) is 9.25. The molecule has 0 aromatic heterocycles. The second kappa shape index (κ2) is 6.43. The van der Waals surface area contributed by atoms with E-state index in [1.165, 1.54) is 0 Å². The summed E-state index contributed by atoms with van der Waals surface area (Å²) in [4.78, 5) is 12.3. The number of ether oxygens (including phenoxy) is 1. The summed E-state index contributed by atoms with van der Waals surface area (Å²) < 4.78 is 5.92. The highest BCUT2D eigenvalue weighted by atomic mass is 16.5. The second-order valence-electron chi connectivity index (χ2n) is 6.20. The number of hydrogen-bond acceptors (Lipinski definition) is 2. The van der Waals surface area contributed by atoms with Crippen molar-refractivity contribution < 1.29 is 9.53 Å². The molecule has 2 heteroatoms. The van der Waals surface area contributed by atoms with Crippen LogP contribution in [-0.2, 0) is 0 Å². The summed E-state index contributed by atoms with van der Waals surface area (Å²) in [7, 11) is 0. The molecule has 0 atom stereocenters. The van der Waals surface area contributed by atoms with Gasteiger partial charge in [0, 0.05) is 11.5 Å². The first-order valence-corrected chi connectivity index (χ1v) is 7.86. The van der Waals surface area contributed by atoms with Crippen molar-refractivity contribution in [1.82, 2.24) is 0 Å². The lowest BCUT2D eigenvalue weighted by Crippen LogP contribution is -2.08. The topological polar surface area (TPSA) is 26.3 Å². The minimum atomic E-state index is 0.278. The maximum atomic E-state index is 12.3. The monoisotopic (exact) mass is 274 g/mol. The van der Waals surface area contributed by atoms with Gasteiger partial charge in [0.1, 0.15) is 5.75 Å². The number of aryl methyl sites for hydroxylation is 1. The molecular formula is C18H26O2. The van der Waals surface area contributed by atoms with E-state index in [2.05, 4.69) is 32.9 Å². The molecule has 1 saturated carbocycles. The first-order chi connectivity index (χ1) is 9.54. The van der Waals surface area contributed by atoms with E-state index in [0.29, 0.717) is 11.7 Å². The van der Waals surface area contributed by atoms with Gasteiger partial charge in [-0.3, -0.25) is 4.79 Å². The quantitative estimate of drug-likeness (QED) is 0.522. The number of carbonyl (C=O) groups is 1. The maximum absolute atomic E-state index is 12.3.